The van der Waals surface area contributed by atoms with Crippen LogP contribution in [0, 0.1) is 10.1 Å². The van der Waals surface area contributed by atoms with Gasteiger partial charge in [-0.2, -0.15) is 0 Å². The highest BCUT2D eigenvalue weighted by atomic mass is 32.2. The van der Waals surface area contributed by atoms with Crippen molar-refractivity contribution in [1.29, 1.82) is 0 Å². The molecule has 0 aliphatic heterocycles. The van der Waals surface area contributed by atoms with Crippen molar-refractivity contribution in [3.05, 3.63) is 53.2 Å². The number of nitrogens with one attached hydrogen (secondary N) is 2. The molecule has 0 spiro atoms. The number of carbonyl (C=O) groups is 2. The quantitative estimate of drug-likeness (QED) is 0.373. The molecule has 0 fully saturated rings. The Bertz CT molecular complexity index is 1010. The summed E-state index contributed by atoms with van der Waals surface area (Å²) >= 11 is 0.724. The third-order valence-corrected chi connectivity index (χ3v) is 6.58. The Kier molecular flexibility index (Phi) is 6.59. The largest absolute Gasteiger partial charge is 0.344 e. The predicted molar refractivity (Wildman–Crippen MR) is 102 cm³/mol. The standard InChI is InChI=1S/C16H16N4O6S2/c1-3-4-13(18-10(2)21)15(22)19-16-17-9-14(27-16)28(25,26)12-7-5-11(6-8-12)20(23)24/h3,5-9,13H,1,4H2,2H3,(H,18,21)(H,17,19,22). The third kappa shape index (κ3) is 4.98. The van der Waals surface area contributed by atoms with Crippen LogP contribution in [0.25, 0.3) is 0 Å². The van der Waals surface area contributed by atoms with Gasteiger partial charge in [-0.15, -0.1) is 6.58 Å². The topological polar surface area (TPSA) is 148 Å². The Hall–Kier alpha value is -3.12. The van der Waals surface area contributed by atoms with Crippen molar-refractivity contribution >= 4 is 43.8 Å². The Morgan fingerprint density at radius 2 is 2.00 bits per heavy atom. The molecule has 0 radical (unpaired) electrons. The lowest BCUT2D eigenvalue weighted by molar-refractivity contribution is -0.384. The van der Waals surface area contributed by atoms with Crippen LogP contribution >= 0.6 is 11.3 Å². The summed E-state index contributed by atoms with van der Waals surface area (Å²) in [4.78, 5) is 37.2. The highest BCUT2D eigenvalue weighted by Crippen LogP contribution is 2.29. The molecule has 0 saturated heterocycles. The van der Waals surface area contributed by atoms with Gasteiger partial charge in [0.15, 0.2) is 5.13 Å². The molecule has 148 valence electrons. The van der Waals surface area contributed by atoms with E-state index in [2.05, 4.69) is 22.2 Å². The second-order valence-electron chi connectivity index (χ2n) is 5.51. The molecule has 12 heteroatoms. The van der Waals surface area contributed by atoms with Crippen LogP contribution in [0.1, 0.15) is 13.3 Å². The van der Waals surface area contributed by atoms with Crippen molar-refractivity contribution in [1.82, 2.24) is 10.3 Å². The Labute approximate surface area is 164 Å². The van der Waals surface area contributed by atoms with Gasteiger partial charge in [0.1, 0.15) is 10.3 Å². The van der Waals surface area contributed by atoms with Gasteiger partial charge < -0.3 is 10.6 Å². The van der Waals surface area contributed by atoms with E-state index in [0.29, 0.717) is 0 Å². The second-order valence-corrected chi connectivity index (χ2v) is 8.71. The van der Waals surface area contributed by atoms with E-state index in [-0.39, 0.29) is 26.3 Å². The Balaban J connectivity index is 2.20. The Morgan fingerprint density at radius 3 is 2.54 bits per heavy atom. The first-order chi connectivity index (χ1) is 13.1. The van der Waals surface area contributed by atoms with Gasteiger partial charge in [-0.25, -0.2) is 13.4 Å². The summed E-state index contributed by atoms with van der Waals surface area (Å²) in [5.41, 5.74) is -0.234. The smallest absolute Gasteiger partial charge is 0.269 e. The maximum absolute atomic E-state index is 12.6. The van der Waals surface area contributed by atoms with Crippen LogP contribution in [0.15, 0.2) is 52.2 Å². The number of benzene rings is 1. The molecular formula is C16H16N4O6S2. The number of aromatic nitrogens is 1. The lowest BCUT2D eigenvalue weighted by atomic mass is 10.2. The van der Waals surface area contributed by atoms with E-state index in [0.717, 1.165) is 41.8 Å². The molecule has 0 aliphatic carbocycles. The molecule has 1 aromatic heterocycles. The van der Waals surface area contributed by atoms with Gasteiger partial charge in [0.2, 0.25) is 21.7 Å². The van der Waals surface area contributed by atoms with Crippen LogP contribution in [0.5, 0.6) is 0 Å². The third-order valence-electron chi connectivity index (χ3n) is 3.43. The van der Waals surface area contributed by atoms with Gasteiger partial charge in [-0.05, 0) is 18.6 Å². The summed E-state index contributed by atoms with van der Waals surface area (Å²) in [6.45, 7) is 4.78. The maximum atomic E-state index is 12.6. The van der Waals surface area contributed by atoms with Crippen LogP contribution in [0.2, 0.25) is 0 Å². The zero-order valence-electron chi connectivity index (χ0n) is 14.6. The van der Waals surface area contributed by atoms with E-state index in [1.165, 1.54) is 13.0 Å². The van der Waals surface area contributed by atoms with Gasteiger partial charge in [-0.1, -0.05) is 17.4 Å². The van der Waals surface area contributed by atoms with E-state index in [1.807, 2.05) is 0 Å². The van der Waals surface area contributed by atoms with E-state index >= 15 is 0 Å². The minimum Gasteiger partial charge on any atom is -0.344 e. The molecule has 2 rings (SSSR count). The average molecular weight is 424 g/mol. The fraction of sp³-hybridized carbons (Fsp3) is 0.188. The molecule has 2 amide bonds. The van der Waals surface area contributed by atoms with Gasteiger partial charge in [0.25, 0.3) is 5.69 Å². The fourth-order valence-corrected chi connectivity index (χ4v) is 4.58. The van der Waals surface area contributed by atoms with E-state index < -0.39 is 32.6 Å². The fourth-order valence-electron chi connectivity index (χ4n) is 2.14. The highest BCUT2D eigenvalue weighted by molar-refractivity contribution is 7.93. The van der Waals surface area contributed by atoms with Crippen LogP contribution < -0.4 is 10.6 Å². The number of non-ortho nitro benzene ring substituents is 1. The number of rotatable bonds is 8. The molecule has 10 nitrogen and oxygen atoms in total. The number of sulfone groups is 1. The van der Waals surface area contributed by atoms with Crippen molar-refractivity contribution < 1.29 is 22.9 Å². The minimum atomic E-state index is -3.95. The number of anilines is 1. The molecule has 0 aliphatic rings. The first kappa shape index (κ1) is 21.2. The highest BCUT2D eigenvalue weighted by Gasteiger charge is 2.24. The number of thiazole rings is 1. The minimum absolute atomic E-state index is 0.0323. The molecule has 28 heavy (non-hydrogen) atoms. The number of carbonyl (C=O) groups excluding carboxylic acids is 2. The van der Waals surface area contributed by atoms with Crippen LogP contribution in [0.4, 0.5) is 10.8 Å². The van der Waals surface area contributed by atoms with Crippen molar-refractivity contribution in [3.8, 4) is 0 Å². The summed E-state index contributed by atoms with van der Waals surface area (Å²) < 4.78 is 25.1. The SMILES string of the molecule is C=CCC(NC(C)=O)C(=O)Nc1ncc(S(=O)(=O)c2ccc([N+](=O)[O-])cc2)s1. The number of nitrogens with zero attached hydrogens (tertiary/aromatic N) is 2. The summed E-state index contributed by atoms with van der Waals surface area (Å²) in [6.07, 6.45) is 2.73. The van der Waals surface area contributed by atoms with Gasteiger partial charge in [0.05, 0.1) is 16.0 Å². The van der Waals surface area contributed by atoms with Crippen molar-refractivity contribution in [3.63, 3.8) is 0 Å². The summed E-state index contributed by atoms with van der Waals surface area (Å²) in [5.74, 6) is -0.966. The molecule has 2 N–H and O–H groups in total. The van der Waals surface area contributed by atoms with Gasteiger partial charge in [-0.3, -0.25) is 19.7 Å². The first-order valence-corrected chi connectivity index (χ1v) is 10.1. The molecule has 1 atom stereocenters. The van der Waals surface area contributed by atoms with Crippen molar-refractivity contribution in [2.24, 2.45) is 0 Å². The molecule has 1 aromatic carbocycles. The number of nitro groups is 1. The van der Waals surface area contributed by atoms with E-state index in [4.69, 9.17) is 0 Å². The number of hydrogen-bond donors (Lipinski definition) is 2. The van der Waals surface area contributed by atoms with E-state index in [9.17, 15) is 28.1 Å². The number of hydrogen-bond acceptors (Lipinski definition) is 8. The lowest BCUT2D eigenvalue weighted by Gasteiger charge is -2.14. The van der Waals surface area contributed by atoms with E-state index in [1.54, 1.807) is 0 Å². The summed E-state index contributed by atoms with van der Waals surface area (Å²) in [6, 6.07) is 3.56. The van der Waals surface area contributed by atoms with Crippen LogP contribution in [-0.2, 0) is 19.4 Å². The molecular weight excluding hydrogens is 408 g/mol. The van der Waals surface area contributed by atoms with Gasteiger partial charge in [0, 0.05) is 19.1 Å². The average Bonchev–Trinajstić information content (AvgIpc) is 3.10. The number of amides is 2. The monoisotopic (exact) mass is 424 g/mol. The van der Waals surface area contributed by atoms with Crippen LogP contribution in [0.3, 0.4) is 0 Å². The molecule has 0 bridgehead atoms. The van der Waals surface area contributed by atoms with Crippen LogP contribution in [-0.4, -0.2) is 36.2 Å². The zero-order chi connectivity index (χ0) is 20.9. The second kappa shape index (κ2) is 8.71. The maximum Gasteiger partial charge on any atom is 0.269 e. The lowest BCUT2D eigenvalue weighted by Crippen LogP contribution is -2.42. The molecule has 2 aromatic rings. The molecule has 0 saturated carbocycles. The van der Waals surface area contributed by atoms with Crippen molar-refractivity contribution in [2.45, 2.75) is 28.5 Å². The zero-order valence-corrected chi connectivity index (χ0v) is 16.2. The molecule has 1 heterocycles. The Morgan fingerprint density at radius 1 is 1.36 bits per heavy atom. The van der Waals surface area contributed by atoms with Crippen molar-refractivity contribution in [2.75, 3.05) is 5.32 Å². The first-order valence-electron chi connectivity index (χ1n) is 7.79. The molecule has 1 unspecified atom stereocenters. The predicted octanol–water partition coefficient (Wildman–Crippen LogP) is 1.90. The van der Waals surface area contributed by atoms with Gasteiger partial charge >= 0.3 is 0 Å². The summed E-state index contributed by atoms with van der Waals surface area (Å²) in [7, 11) is -3.95. The summed E-state index contributed by atoms with van der Waals surface area (Å²) in [5, 5.41) is 15.6. The number of nitro benzene ring substituents is 1. The normalized spacial score (nSPS) is 12.0.